The number of benzene rings is 1. The molecule has 1 aromatic carbocycles. The number of halogens is 1. The van der Waals surface area contributed by atoms with Gasteiger partial charge >= 0.3 is 0 Å². The SMILES string of the molecule is CNC(=O)COc1ccc(Cl)cc1C(C)N. The summed E-state index contributed by atoms with van der Waals surface area (Å²) in [6, 6.07) is 4.96. The van der Waals surface area contributed by atoms with E-state index in [0.717, 1.165) is 5.56 Å². The van der Waals surface area contributed by atoms with Crippen molar-refractivity contribution in [3.63, 3.8) is 0 Å². The number of ether oxygens (including phenoxy) is 1. The molecule has 0 fully saturated rings. The summed E-state index contributed by atoms with van der Waals surface area (Å²) < 4.78 is 5.36. The lowest BCUT2D eigenvalue weighted by Gasteiger charge is -2.13. The summed E-state index contributed by atoms with van der Waals surface area (Å²) in [5, 5.41) is 3.07. The Morgan fingerprint density at radius 2 is 2.31 bits per heavy atom. The predicted octanol–water partition coefficient (Wildman–Crippen LogP) is 1.48. The Balaban J connectivity index is 2.82. The minimum atomic E-state index is -0.196. The number of hydrogen-bond acceptors (Lipinski definition) is 3. The van der Waals surface area contributed by atoms with Gasteiger partial charge in [0.25, 0.3) is 5.91 Å². The molecule has 0 saturated heterocycles. The Bertz CT molecular complexity index is 380. The maximum Gasteiger partial charge on any atom is 0.257 e. The average molecular weight is 243 g/mol. The molecule has 0 radical (unpaired) electrons. The molecule has 16 heavy (non-hydrogen) atoms. The van der Waals surface area contributed by atoms with Crippen LogP contribution in [-0.4, -0.2) is 19.6 Å². The second-order valence-electron chi connectivity index (χ2n) is 3.43. The van der Waals surface area contributed by atoms with Crippen LogP contribution in [0.25, 0.3) is 0 Å². The van der Waals surface area contributed by atoms with Gasteiger partial charge in [0.05, 0.1) is 0 Å². The third kappa shape index (κ3) is 3.40. The lowest BCUT2D eigenvalue weighted by atomic mass is 10.1. The molecule has 0 saturated carbocycles. The van der Waals surface area contributed by atoms with E-state index in [1.165, 1.54) is 0 Å². The van der Waals surface area contributed by atoms with Crippen LogP contribution < -0.4 is 15.8 Å². The first-order valence-electron chi connectivity index (χ1n) is 4.93. The Labute approximate surface area is 99.7 Å². The Morgan fingerprint density at radius 1 is 1.62 bits per heavy atom. The summed E-state index contributed by atoms with van der Waals surface area (Å²) in [5.41, 5.74) is 6.57. The van der Waals surface area contributed by atoms with Gasteiger partial charge in [-0.2, -0.15) is 0 Å². The molecule has 1 aromatic rings. The second-order valence-corrected chi connectivity index (χ2v) is 3.87. The maximum absolute atomic E-state index is 11.0. The van der Waals surface area contributed by atoms with Crippen LogP contribution in [0, 0.1) is 0 Å². The monoisotopic (exact) mass is 242 g/mol. The van der Waals surface area contributed by atoms with Crippen LogP contribution in [0.4, 0.5) is 0 Å². The third-order valence-electron chi connectivity index (χ3n) is 2.10. The highest BCUT2D eigenvalue weighted by molar-refractivity contribution is 6.30. The largest absolute Gasteiger partial charge is 0.483 e. The minimum absolute atomic E-state index is 0.0299. The van der Waals surface area contributed by atoms with Gasteiger partial charge in [0.15, 0.2) is 6.61 Å². The van der Waals surface area contributed by atoms with E-state index in [1.807, 2.05) is 6.92 Å². The number of carbonyl (C=O) groups excluding carboxylic acids is 1. The first-order valence-corrected chi connectivity index (χ1v) is 5.30. The van der Waals surface area contributed by atoms with Crippen LogP contribution >= 0.6 is 11.6 Å². The van der Waals surface area contributed by atoms with E-state index in [0.29, 0.717) is 10.8 Å². The molecule has 0 aliphatic heterocycles. The number of carbonyl (C=O) groups is 1. The molecule has 0 spiro atoms. The number of hydrogen-bond donors (Lipinski definition) is 2. The Kier molecular flexibility index (Phi) is 4.58. The second kappa shape index (κ2) is 5.72. The van der Waals surface area contributed by atoms with Crippen LogP contribution in [0.5, 0.6) is 5.75 Å². The van der Waals surface area contributed by atoms with Crippen LogP contribution in [0.15, 0.2) is 18.2 Å². The lowest BCUT2D eigenvalue weighted by Crippen LogP contribution is -2.25. The molecule has 0 aliphatic rings. The molecule has 3 N–H and O–H groups in total. The van der Waals surface area contributed by atoms with E-state index in [4.69, 9.17) is 22.1 Å². The molecule has 1 rings (SSSR count). The van der Waals surface area contributed by atoms with Gasteiger partial charge in [-0.15, -0.1) is 0 Å². The van der Waals surface area contributed by atoms with Crippen molar-refractivity contribution in [2.75, 3.05) is 13.7 Å². The molecule has 1 unspecified atom stereocenters. The average Bonchev–Trinajstić information content (AvgIpc) is 2.26. The normalized spacial score (nSPS) is 12.0. The minimum Gasteiger partial charge on any atom is -0.483 e. The van der Waals surface area contributed by atoms with Gasteiger partial charge in [0, 0.05) is 23.7 Å². The first-order chi connectivity index (χ1) is 7.54. The molecule has 0 aromatic heterocycles. The van der Waals surface area contributed by atoms with Crippen molar-refractivity contribution in [2.45, 2.75) is 13.0 Å². The van der Waals surface area contributed by atoms with E-state index >= 15 is 0 Å². The van der Waals surface area contributed by atoms with Crippen LogP contribution in [0.1, 0.15) is 18.5 Å². The summed E-state index contributed by atoms with van der Waals surface area (Å²) in [4.78, 5) is 11.0. The number of nitrogens with two attached hydrogens (primary N) is 1. The molecular formula is C11H15ClN2O2. The van der Waals surface area contributed by atoms with Crippen molar-refractivity contribution in [1.82, 2.24) is 5.32 Å². The molecule has 1 atom stereocenters. The van der Waals surface area contributed by atoms with Gasteiger partial charge in [0.2, 0.25) is 0 Å². The smallest absolute Gasteiger partial charge is 0.257 e. The third-order valence-corrected chi connectivity index (χ3v) is 2.34. The van der Waals surface area contributed by atoms with Gasteiger partial charge < -0.3 is 15.8 Å². The van der Waals surface area contributed by atoms with Gasteiger partial charge in [0.1, 0.15) is 5.75 Å². The van der Waals surface area contributed by atoms with Crippen molar-refractivity contribution in [1.29, 1.82) is 0 Å². The fourth-order valence-electron chi connectivity index (χ4n) is 1.22. The predicted molar refractivity (Wildman–Crippen MR) is 63.6 cm³/mol. The van der Waals surface area contributed by atoms with Gasteiger partial charge in [-0.25, -0.2) is 0 Å². The molecule has 4 nitrogen and oxygen atoms in total. The highest BCUT2D eigenvalue weighted by Gasteiger charge is 2.10. The number of amides is 1. The molecule has 88 valence electrons. The van der Waals surface area contributed by atoms with Crippen LogP contribution in [0.2, 0.25) is 5.02 Å². The molecular weight excluding hydrogens is 228 g/mol. The molecule has 5 heteroatoms. The van der Waals surface area contributed by atoms with Gasteiger partial charge in [-0.3, -0.25) is 4.79 Å². The van der Waals surface area contributed by atoms with Crippen molar-refractivity contribution in [2.24, 2.45) is 5.73 Å². The van der Waals surface area contributed by atoms with Crippen molar-refractivity contribution >= 4 is 17.5 Å². The van der Waals surface area contributed by atoms with Crippen molar-refractivity contribution < 1.29 is 9.53 Å². The van der Waals surface area contributed by atoms with Gasteiger partial charge in [-0.05, 0) is 25.1 Å². The molecule has 0 bridgehead atoms. The highest BCUT2D eigenvalue weighted by Crippen LogP contribution is 2.27. The number of rotatable bonds is 4. The first kappa shape index (κ1) is 12.8. The Hall–Kier alpha value is -1.26. The van der Waals surface area contributed by atoms with E-state index in [-0.39, 0.29) is 18.6 Å². The fourth-order valence-corrected chi connectivity index (χ4v) is 1.40. The quantitative estimate of drug-likeness (QED) is 0.841. The fraction of sp³-hybridized carbons (Fsp3) is 0.364. The summed E-state index contributed by atoms with van der Waals surface area (Å²) in [7, 11) is 1.56. The number of likely N-dealkylation sites (N-methyl/N-ethyl adjacent to an activating group) is 1. The topological polar surface area (TPSA) is 64.3 Å². The van der Waals surface area contributed by atoms with E-state index in [2.05, 4.69) is 5.32 Å². The number of nitrogens with one attached hydrogen (secondary N) is 1. The van der Waals surface area contributed by atoms with E-state index in [1.54, 1.807) is 25.2 Å². The Morgan fingerprint density at radius 3 is 2.88 bits per heavy atom. The van der Waals surface area contributed by atoms with Crippen LogP contribution in [0.3, 0.4) is 0 Å². The molecule has 0 heterocycles. The lowest BCUT2D eigenvalue weighted by molar-refractivity contribution is -0.122. The van der Waals surface area contributed by atoms with Gasteiger partial charge in [-0.1, -0.05) is 11.6 Å². The van der Waals surface area contributed by atoms with E-state index < -0.39 is 0 Å². The zero-order chi connectivity index (χ0) is 12.1. The summed E-state index contributed by atoms with van der Waals surface area (Å²) >= 11 is 5.86. The zero-order valence-corrected chi connectivity index (χ0v) is 10.0. The molecule has 0 aliphatic carbocycles. The molecule has 1 amide bonds. The summed E-state index contributed by atoms with van der Waals surface area (Å²) in [5.74, 6) is 0.397. The maximum atomic E-state index is 11.0. The van der Waals surface area contributed by atoms with E-state index in [9.17, 15) is 4.79 Å². The summed E-state index contributed by atoms with van der Waals surface area (Å²) in [6.45, 7) is 1.80. The zero-order valence-electron chi connectivity index (χ0n) is 9.29. The highest BCUT2D eigenvalue weighted by atomic mass is 35.5. The standard InChI is InChI=1S/C11H15ClN2O2/c1-7(13)9-5-8(12)3-4-10(9)16-6-11(15)14-2/h3-5,7H,6,13H2,1-2H3,(H,14,15). The summed E-state index contributed by atoms with van der Waals surface area (Å²) in [6.07, 6.45) is 0. The van der Waals surface area contributed by atoms with Crippen LogP contribution in [-0.2, 0) is 4.79 Å². The van der Waals surface area contributed by atoms with Crippen molar-refractivity contribution in [3.8, 4) is 5.75 Å². The van der Waals surface area contributed by atoms with Crippen molar-refractivity contribution in [3.05, 3.63) is 28.8 Å².